The number of hydrogen-bond donors (Lipinski definition) is 0. The molecule has 0 bridgehead atoms. The van der Waals surface area contributed by atoms with Gasteiger partial charge in [0.2, 0.25) is 0 Å². The normalized spacial score (nSPS) is 15.6. The van der Waals surface area contributed by atoms with E-state index in [0.717, 1.165) is 0 Å². The van der Waals surface area contributed by atoms with Gasteiger partial charge in [-0.15, -0.1) is 0 Å². The second-order valence-corrected chi connectivity index (χ2v) is 1.76. The highest BCUT2D eigenvalue weighted by Crippen LogP contribution is 1.84. The minimum atomic E-state index is -2.31. The highest BCUT2D eigenvalue weighted by molar-refractivity contribution is 5.01. The second-order valence-electron chi connectivity index (χ2n) is 1.76. The van der Waals surface area contributed by atoms with E-state index < -0.39 is 7.04 Å². The lowest BCUT2D eigenvalue weighted by atomic mass is 10.2. The summed E-state index contributed by atoms with van der Waals surface area (Å²) < 4.78 is 24.4. The van der Waals surface area contributed by atoms with Gasteiger partial charge in [0.05, 0.1) is 4.11 Å². The number of hydrogen-bond acceptors (Lipinski definition) is 1. The molecule has 0 aliphatic carbocycles. The third-order valence-electron chi connectivity index (χ3n) is 0.535. The van der Waals surface area contributed by atoms with Crippen LogP contribution in [0.4, 0.5) is 0 Å². The summed E-state index contributed by atoms with van der Waals surface area (Å²) in [4.78, 5) is 0. The molecule has 0 aromatic rings. The summed E-state index contributed by atoms with van der Waals surface area (Å²) in [5.74, 6) is 5.66. The number of rotatable bonds is 1. The summed E-state index contributed by atoms with van der Waals surface area (Å²) in [5.41, 5.74) is 0. The minimum Gasteiger partial charge on any atom is -0.372 e. The van der Waals surface area contributed by atoms with Crippen LogP contribution in [0.15, 0.2) is 0 Å². The molecule has 0 saturated heterocycles. The lowest BCUT2D eigenvalue weighted by molar-refractivity contribution is 0.239. The Balaban J connectivity index is 3.52. The molecule has 0 aliphatic rings. The van der Waals surface area contributed by atoms with Crippen LogP contribution in [0.1, 0.15) is 18.0 Å². The summed E-state index contributed by atoms with van der Waals surface area (Å²) >= 11 is 0. The van der Waals surface area contributed by atoms with Crippen molar-refractivity contribution in [2.45, 2.75) is 13.8 Å². The SMILES string of the molecule is [2H]C([2H])([2H])OCC#CC(C)C. The summed E-state index contributed by atoms with van der Waals surface area (Å²) in [5, 5.41) is 0. The van der Waals surface area contributed by atoms with Crippen LogP contribution in [-0.2, 0) is 4.74 Å². The molecule has 1 nitrogen and oxygen atoms in total. The maximum Gasteiger partial charge on any atom is 0.107 e. The van der Waals surface area contributed by atoms with Gasteiger partial charge in [-0.2, -0.15) is 0 Å². The molecule has 0 amide bonds. The van der Waals surface area contributed by atoms with Gasteiger partial charge in [0.25, 0.3) is 0 Å². The van der Waals surface area contributed by atoms with E-state index >= 15 is 0 Å². The molecule has 0 spiro atoms. The second kappa shape index (κ2) is 4.67. The van der Waals surface area contributed by atoms with E-state index in [1.54, 1.807) is 0 Å². The van der Waals surface area contributed by atoms with Gasteiger partial charge in [-0.25, -0.2) is 0 Å². The van der Waals surface area contributed by atoms with Crippen molar-refractivity contribution in [1.82, 2.24) is 0 Å². The molecule has 0 rings (SSSR count). The van der Waals surface area contributed by atoms with E-state index in [9.17, 15) is 0 Å². The first kappa shape index (κ1) is 3.53. The fourth-order valence-corrected chi connectivity index (χ4v) is 0.282. The molecule has 0 atom stereocenters. The fraction of sp³-hybridized carbons (Fsp3) is 0.714. The van der Waals surface area contributed by atoms with Crippen LogP contribution in [-0.4, -0.2) is 13.6 Å². The van der Waals surface area contributed by atoms with Gasteiger partial charge in [0, 0.05) is 13.0 Å². The fourth-order valence-electron chi connectivity index (χ4n) is 0.282. The summed E-state index contributed by atoms with van der Waals surface area (Å²) in [6.07, 6.45) is 0. The lowest BCUT2D eigenvalue weighted by Gasteiger charge is -1.86. The van der Waals surface area contributed by atoms with Crippen molar-refractivity contribution in [2.24, 2.45) is 5.92 Å². The Hall–Kier alpha value is -0.480. The predicted octanol–water partition coefficient (Wildman–Crippen LogP) is 1.29. The van der Waals surface area contributed by atoms with E-state index in [1.165, 1.54) is 0 Å². The Morgan fingerprint density at radius 3 is 3.00 bits per heavy atom. The Labute approximate surface area is 55.3 Å². The lowest BCUT2D eigenvalue weighted by Crippen LogP contribution is -1.83. The molecule has 0 N–H and O–H groups in total. The molecule has 0 heterocycles. The molecule has 0 saturated carbocycles. The van der Waals surface area contributed by atoms with Crippen molar-refractivity contribution >= 4 is 0 Å². The highest BCUT2D eigenvalue weighted by Gasteiger charge is 1.78. The van der Waals surface area contributed by atoms with Crippen molar-refractivity contribution < 1.29 is 8.85 Å². The highest BCUT2D eigenvalue weighted by atomic mass is 16.5. The van der Waals surface area contributed by atoms with Gasteiger partial charge in [-0.1, -0.05) is 25.7 Å². The van der Waals surface area contributed by atoms with E-state index in [0.29, 0.717) is 0 Å². The van der Waals surface area contributed by atoms with Crippen LogP contribution < -0.4 is 0 Å². The van der Waals surface area contributed by atoms with E-state index in [-0.39, 0.29) is 12.5 Å². The maximum atomic E-state index is 6.66. The van der Waals surface area contributed by atoms with E-state index in [2.05, 4.69) is 16.6 Å². The van der Waals surface area contributed by atoms with Crippen LogP contribution in [0, 0.1) is 17.8 Å². The number of ether oxygens (including phenoxy) is 1. The first-order chi connectivity index (χ1) is 4.92. The summed E-state index contributed by atoms with van der Waals surface area (Å²) in [6.45, 7) is 3.85. The molecule has 1 heteroatoms. The van der Waals surface area contributed by atoms with E-state index in [1.807, 2.05) is 13.8 Å². The first-order valence-corrected chi connectivity index (χ1v) is 2.54. The molecule has 0 fully saturated rings. The summed E-state index contributed by atoms with van der Waals surface area (Å²) in [7, 11) is -2.31. The standard InChI is InChI=1S/C7H12O/c1-7(2)5-4-6-8-3/h7H,6H2,1-3H3/i3D3. The van der Waals surface area contributed by atoms with Crippen LogP contribution in [0.5, 0.6) is 0 Å². The molecular formula is C7H12O. The average molecular weight is 115 g/mol. The predicted molar refractivity (Wildman–Crippen MR) is 34.5 cm³/mol. The molecule has 0 radical (unpaired) electrons. The summed E-state index contributed by atoms with van der Waals surface area (Å²) in [6, 6.07) is 0. The van der Waals surface area contributed by atoms with E-state index in [4.69, 9.17) is 4.11 Å². The van der Waals surface area contributed by atoms with Gasteiger partial charge < -0.3 is 4.74 Å². The largest absolute Gasteiger partial charge is 0.372 e. The molecule has 8 heavy (non-hydrogen) atoms. The zero-order chi connectivity index (χ0) is 8.91. The maximum absolute atomic E-state index is 6.66. The van der Waals surface area contributed by atoms with Crippen molar-refractivity contribution in [3.05, 3.63) is 0 Å². The third-order valence-corrected chi connectivity index (χ3v) is 0.535. The Kier molecular flexibility index (Phi) is 2.06. The van der Waals surface area contributed by atoms with Crippen LogP contribution in [0.3, 0.4) is 0 Å². The monoisotopic (exact) mass is 115 g/mol. The van der Waals surface area contributed by atoms with Crippen molar-refractivity contribution in [1.29, 1.82) is 0 Å². The topological polar surface area (TPSA) is 9.23 Å². The quantitative estimate of drug-likeness (QED) is 0.468. The minimum absolute atomic E-state index is 0.0192. The van der Waals surface area contributed by atoms with Crippen LogP contribution >= 0.6 is 0 Å². The van der Waals surface area contributed by atoms with Gasteiger partial charge >= 0.3 is 0 Å². The van der Waals surface area contributed by atoms with Crippen LogP contribution in [0.2, 0.25) is 0 Å². The zero-order valence-electron chi connectivity index (χ0n) is 8.19. The Morgan fingerprint density at radius 1 is 1.75 bits per heavy atom. The van der Waals surface area contributed by atoms with Crippen molar-refractivity contribution in [2.75, 3.05) is 13.6 Å². The molecule has 0 aliphatic heterocycles. The van der Waals surface area contributed by atoms with Crippen LogP contribution in [0.25, 0.3) is 0 Å². The molecular weight excluding hydrogens is 100 g/mol. The van der Waals surface area contributed by atoms with Gasteiger partial charge in [0.1, 0.15) is 6.61 Å². The number of methoxy groups -OCH3 is 1. The molecule has 0 unspecified atom stereocenters. The average Bonchev–Trinajstić information content (AvgIpc) is 1.78. The van der Waals surface area contributed by atoms with Gasteiger partial charge in [0.15, 0.2) is 0 Å². The Bertz CT molecular complexity index is 161. The molecule has 46 valence electrons. The third kappa shape index (κ3) is 5.52. The van der Waals surface area contributed by atoms with Gasteiger partial charge in [-0.3, -0.25) is 0 Å². The Morgan fingerprint density at radius 2 is 2.50 bits per heavy atom. The first-order valence-electron chi connectivity index (χ1n) is 4.04. The van der Waals surface area contributed by atoms with Gasteiger partial charge in [-0.05, 0) is 0 Å². The molecule has 0 aromatic carbocycles. The zero-order valence-corrected chi connectivity index (χ0v) is 5.19. The smallest absolute Gasteiger partial charge is 0.107 e. The van der Waals surface area contributed by atoms with Crippen molar-refractivity contribution in [3.63, 3.8) is 0 Å². The van der Waals surface area contributed by atoms with Crippen molar-refractivity contribution in [3.8, 4) is 11.8 Å². The molecule has 0 aromatic heterocycles.